The average molecular weight is 223 g/mol. The Hall–Kier alpha value is -0.670. The Labute approximate surface area is 95.2 Å². The quantitative estimate of drug-likeness (QED) is 0.796. The maximum Gasteiger partial charge on any atom is 0.135 e. The highest BCUT2D eigenvalue weighted by molar-refractivity contribution is 7.98. The van der Waals surface area contributed by atoms with Gasteiger partial charge in [-0.05, 0) is 37.1 Å². The molecule has 15 heavy (non-hydrogen) atoms. The van der Waals surface area contributed by atoms with Crippen LogP contribution in [0.1, 0.15) is 18.4 Å². The number of ether oxygens (including phenoxy) is 1. The fourth-order valence-corrected chi connectivity index (χ4v) is 2.42. The van der Waals surface area contributed by atoms with Crippen LogP contribution >= 0.6 is 11.8 Å². The Bertz CT molecular complexity index is 361. The Morgan fingerprint density at radius 3 is 2.73 bits per heavy atom. The minimum Gasteiger partial charge on any atom is -0.495 e. The summed E-state index contributed by atoms with van der Waals surface area (Å²) in [7, 11) is 1.73. The smallest absolute Gasteiger partial charge is 0.135 e. The fraction of sp³-hybridized carbons (Fsp3) is 0.500. The van der Waals surface area contributed by atoms with E-state index in [1.165, 1.54) is 10.5 Å². The lowest BCUT2D eigenvalue weighted by molar-refractivity contribution is 0.397. The van der Waals surface area contributed by atoms with Gasteiger partial charge in [-0.3, -0.25) is 0 Å². The van der Waals surface area contributed by atoms with Crippen LogP contribution in [0.4, 0.5) is 0 Å². The highest BCUT2D eigenvalue weighted by Crippen LogP contribution is 2.40. The average Bonchev–Trinajstić information content (AvgIpc) is 2.95. The van der Waals surface area contributed by atoms with Crippen LogP contribution in [0, 0.1) is 0 Å². The molecule has 0 radical (unpaired) electrons. The standard InChI is InChI=1S/C12H17NOS/c1-14-11-9(8-12(13)6-7-12)4-3-5-10(11)15-2/h3-5H,6-8,13H2,1-2H3. The number of para-hydroxylation sites is 1. The molecule has 82 valence electrons. The Kier molecular flexibility index (Phi) is 2.94. The summed E-state index contributed by atoms with van der Waals surface area (Å²) in [5.41, 5.74) is 7.42. The van der Waals surface area contributed by atoms with E-state index in [9.17, 15) is 0 Å². The first-order valence-corrected chi connectivity index (χ1v) is 6.40. The maximum absolute atomic E-state index is 6.13. The van der Waals surface area contributed by atoms with Crippen LogP contribution in [0.3, 0.4) is 0 Å². The summed E-state index contributed by atoms with van der Waals surface area (Å²) in [6, 6.07) is 6.28. The van der Waals surface area contributed by atoms with Gasteiger partial charge in [0, 0.05) is 10.4 Å². The van der Waals surface area contributed by atoms with Crippen molar-refractivity contribution in [2.24, 2.45) is 5.73 Å². The SMILES string of the molecule is COc1c(CC2(N)CC2)cccc1SC. The van der Waals surface area contributed by atoms with Gasteiger partial charge in [0.15, 0.2) is 0 Å². The highest BCUT2D eigenvalue weighted by atomic mass is 32.2. The van der Waals surface area contributed by atoms with E-state index in [4.69, 9.17) is 10.5 Å². The lowest BCUT2D eigenvalue weighted by Gasteiger charge is -2.15. The molecule has 1 saturated carbocycles. The molecule has 1 aromatic rings. The first-order chi connectivity index (χ1) is 7.18. The summed E-state index contributed by atoms with van der Waals surface area (Å²) >= 11 is 1.71. The van der Waals surface area contributed by atoms with Gasteiger partial charge in [-0.1, -0.05) is 12.1 Å². The summed E-state index contributed by atoms with van der Waals surface area (Å²) in [6.45, 7) is 0. The van der Waals surface area contributed by atoms with Crippen molar-refractivity contribution in [3.63, 3.8) is 0 Å². The normalized spacial score (nSPS) is 17.5. The van der Waals surface area contributed by atoms with Gasteiger partial charge >= 0.3 is 0 Å². The number of rotatable bonds is 4. The first kappa shape index (κ1) is 10.8. The van der Waals surface area contributed by atoms with Crippen LogP contribution in [-0.2, 0) is 6.42 Å². The predicted molar refractivity (Wildman–Crippen MR) is 64.6 cm³/mol. The molecule has 0 saturated heterocycles. The summed E-state index contributed by atoms with van der Waals surface area (Å²) in [5.74, 6) is 1.00. The van der Waals surface area contributed by atoms with Crippen LogP contribution in [0.15, 0.2) is 23.1 Å². The van der Waals surface area contributed by atoms with E-state index in [0.717, 1.165) is 25.0 Å². The van der Waals surface area contributed by atoms with Gasteiger partial charge in [-0.25, -0.2) is 0 Å². The summed E-state index contributed by atoms with van der Waals surface area (Å²) < 4.78 is 5.46. The molecular formula is C12H17NOS. The second-order valence-corrected chi connectivity index (χ2v) is 5.04. The molecule has 0 aromatic heterocycles. The molecule has 1 fully saturated rings. The van der Waals surface area contributed by atoms with Gasteiger partial charge in [0.25, 0.3) is 0 Å². The van der Waals surface area contributed by atoms with Gasteiger partial charge in [-0.2, -0.15) is 0 Å². The van der Waals surface area contributed by atoms with Crippen LogP contribution in [0.25, 0.3) is 0 Å². The fourth-order valence-electron chi connectivity index (χ4n) is 1.81. The van der Waals surface area contributed by atoms with Crippen molar-refractivity contribution >= 4 is 11.8 Å². The van der Waals surface area contributed by atoms with Crippen molar-refractivity contribution in [1.82, 2.24) is 0 Å². The maximum atomic E-state index is 6.13. The number of hydrogen-bond acceptors (Lipinski definition) is 3. The monoisotopic (exact) mass is 223 g/mol. The van der Waals surface area contributed by atoms with E-state index in [2.05, 4.69) is 24.5 Å². The molecule has 0 atom stereocenters. The molecule has 2 nitrogen and oxygen atoms in total. The van der Waals surface area contributed by atoms with Crippen molar-refractivity contribution in [2.75, 3.05) is 13.4 Å². The topological polar surface area (TPSA) is 35.2 Å². The van der Waals surface area contributed by atoms with Crippen molar-refractivity contribution < 1.29 is 4.74 Å². The molecule has 0 amide bonds. The van der Waals surface area contributed by atoms with Gasteiger partial charge in [0.05, 0.1) is 7.11 Å². The van der Waals surface area contributed by atoms with E-state index in [0.29, 0.717) is 0 Å². The van der Waals surface area contributed by atoms with Gasteiger partial charge in [-0.15, -0.1) is 11.8 Å². The third-order valence-electron chi connectivity index (χ3n) is 2.92. The van der Waals surface area contributed by atoms with E-state index in [-0.39, 0.29) is 5.54 Å². The van der Waals surface area contributed by atoms with Crippen molar-refractivity contribution in [2.45, 2.75) is 29.7 Å². The zero-order valence-corrected chi connectivity index (χ0v) is 10.1. The molecule has 0 unspecified atom stereocenters. The molecule has 0 spiro atoms. The second-order valence-electron chi connectivity index (χ2n) is 4.19. The lowest BCUT2D eigenvalue weighted by atomic mass is 10.0. The third-order valence-corrected chi connectivity index (χ3v) is 3.68. The molecule has 2 N–H and O–H groups in total. The summed E-state index contributed by atoms with van der Waals surface area (Å²) in [5, 5.41) is 0. The number of hydrogen-bond donors (Lipinski definition) is 1. The van der Waals surface area contributed by atoms with E-state index in [1.807, 2.05) is 0 Å². The Morgan fingerprint density at radius 2 is 2.20 bits per heavy atom. The lowest BCUT2D eigenvalue weighted by Crippen LogP contribution is -2.24. The second kappa shape index (κ2) is 4.06. The molecule has 3 heteroatoms. The predicted octanol–water partition coefficient (Wildman–Crippen LogP) is 2.45. The molecule has 0 bridgehead atoms. The zero-order chi connectivity index (χ0) is 10.9. The van der Waals surface area contributed by atoms with Crippen molar-refractivity contribution in [1.29, 1.82) is 0 Å². The molecule has 2 rings (SSSR count). The number of thioether (sulfide) groups is 1. The highest BCUT2D eigenvalue weighted by Gasteiger charge is 2.38. The van der Waals surface area contributed by atoms with Gasteiger partial charge in [0.2, 0.25) is 0 Å². The molecule has 1 aromatic carbocycles. The molecule has 0 aliphatic heterocycles. The summed E-state index contributed by atoms with van der Waals surface area (Å²) in [6.07, 6.45) is 5.28. The van der Waals surface area contributed by atoms with E-state index >= 15 is 0 Å². The van der Waals surface area contributed by atoms with Crippen molar-refractivity contribution in [3.8, 4) is 5.75 Å². The number of nitrogens with two attached hydrogens (primary N) is 1. The van der Waals surface area contributed by atoms with E-state index < -0.39 is 0 Å². The van der Waals surface area contributed by atoms with Crippen LogP contribution in [0.2, 0.25) is 0 Å². The molecular weight excluding hydrogens is 206 g/mol. The Balaban J connectivity index is 2.28. The van der Waals surface area contributed by atoms with Gasteiger partial charge < -0.3 is 10.5 Å². The first-order valence-electron chi connectivity index (χ1n) is 5.17. The molecule has 1 aliphatic rings. The number of benzene rings is 1. The Morgan fingerprint density at radius 1 is 1.47 bits per heavy atom. The molecule has 1 aliphatic carbocycles. The number of methoxy groups -OCH3 is 1. The zero-order valence-electron chi connectivity index (χ0n) is 9.25. The third kappa shape index (κ3) is 2.29. The largest absolute Gasteiger partial charge is 0.495 e. The minimum absolute atomic E-state index is 0.0459. The van der Waals surface area contributed by atoms with Crippen LogP contribution in [-0.4, -0.2) is 18.9 Å². The molecule has 0 heterocycles. The van der Waals surface area contributed by atoms with E-state index in [1.54, 1.807) is 18.9 Å². The minimum atomic E-state index is 0.0459. The summed E-state index contributed by atoms with van der Waals surface area (Å²) in [4.78, 5) is 1.19. The van der Waals surface area contributed by atoms with Crippen molar-refractivity contribution in [3.05, 3.63) is 23.8 Å². The van der Waals surface area contributed by atoms with Crippen LogP contribution in [0.5, 0.6) is 5.75 Å². The van der Waals surface area contributed by atoms with Gasteiger partial charge in [0.1, 0.15) is 5.75 Å². The van der Waals surface area contributed by atoms with Crippen LogP contribution < -0.4 is 10.5 Å².